The summed E-state index contributed by atoms with van der Waals surface area (Å²) in [5.74, 6) is -0.450. The fourth-order valence-electron chi connectivity index (χ4n) is 1.45. The van der Waals surface area contributed by atoms with Gasteiger partial charge in [-0.15, -0.1) is 22.7 Å². The van der Waals surface area contributed by atoms with Crippen LogP contribution in [-0.4, -0.2) is 12.7 Å². The predicted octanol–water partition coefficient (Wildman–Crippen LogP) is 3.90. The molecule has 0 atom stereocenters. The molecule has 0 aromatic carbocycles. The molecule has 0 unspecified atom stereocenters. The first-order chi connectivity index (χ1) is 9.19. The number of ether oxygens (including phenoxy) is 1. The van der Waals surface area contributed by atoms with Gasteiger partial charge >= 0.3 is 5.97 Å². The molecule has 0 radical (unpaired) electrons. The second-order valence-electron chi connectivity index (χ2n) is 3.79. The fourth-order valence-corrected chi connectivity index (χ4v) is 2.91. The van der Waals surface area contributed by atoms with Gasteiger partial charge in [0.1, 0.15) is 12.3 Å². The Morgan fingerprint density at radius 3 is 2.89 bits per heavy atom. The van der Waals surface area contributed by atoms with E-state index >= 15 is 0 Å². The number of thiophene rings is 2. The van der Waals surface area contributed by atoms with Crippen LogP contribution < -0.4 is 0 Å². The van der Waals surface area contributed by atoms with Gasteiger partial charge in [-0.3, -0.25) is 4.99 Å². The molecule has 0 saturated heterocycles. The standard InChI is InChI=1S/C14H13NO2S2/c1-10-5-6-12(19-10)9-17-14(16)13(15-2)8-11-4-3-7-18-11/h3-8H,2,9H2,1H3/b13-8+. The molecule has 0 amide bonds. The summed E-state index contributed by atoms with van der Waals surface area (Å²) in [5, 5.41) is 1.94. The predicted molar refractivity (Wildman–Crippen MR) is 80.7 cm³/mol. The van der Waals surface area contributed by atoms with Gasteiger partial charge in [-0.2, -0.15) is 0 Å². The molecule has 0 N–H and O–H groups in total. The molecule has 0 aliphatic rings. The number of aliphatic imine (C=N–C) groups is 1. The lowest BCUT2D eigenvalue weighted by atomic mass is 10.3. The van der Waals surface area contributed by atoms with Crippen LogP contribution >= 0.6 is 22.7 Å². The van der Waals surface area contributed by atoms with Gasteiger partial charge in [-0.25, -0.2) is 4.79 Å². The number of rotatable bonds is 5. The number of nitrogens with zero attached hydrogens (tertiary/aromatic N) is 1. The zero-order valence-corrected chi connectivity index (χ0v) is 12.1. The number of carbonyl (C=O) groups excluding carboxylic acids is 1. The highest BCUT2D eigenvalue weighted by atomic mass is 32.1. The van der Waals surface area contributed by atoms with Crippen LogP contribution in [0.25, 0.3) is 6.08 Å². The maximum absolute atomic E-state index is 11.9. The summed E-state index contributed by atoms with van der Waals surface area (Å²) in [7, 11) is 0. The largest absolute Gasteiger partial charge is 0.455 e. The molecule has 98 valence electrons. The summed E-state index contributed by atoms with van der Waals surface area (Å²) in [6.07, 6.45) is 1.68. The number of hydrogen-bond donors (Lipinski definition) is 0. The van der Waals surface area contributed by atoms with Gasteiger partial charge in [0, 0.05) is 14.6 Å². The van der Waals surface area contributed by atoms with Gasteiger partial charge in [0.15, 0.2) is 0 Å². The molecule has 0 spiro atoms. The van der Waals surface area contributed by atoms with Crippen LogP contribution in [-0.2, 0) is 16.1 Å². The third-order valence-electron chi connectivity index (χ3n) is 2.34. The Hall–Kier alpha value is -1.72. The minimum atomic E-state index is -0.450. The summed E-state index contributed by atoms with van der Waals surface area (Å²) < 4.78 is 5.22. The Morgan fingerprint density at radius 2 is 2.32 bits per heavy atom. The highest BCUT2D eigenvalue weighted by molar-refractivity contribution is 7.11. The van der Waals surface area contributed by atoms with E-state index in [-0.39, 0.29) is 12.3 Å². The molecule has 2 rings (SSSR count). The molecule has 3 nitrogen and oxygen atoms in total. The average molecular weight is 291 g/mol. The van der Waals surface area contributed by atoms with Gasteiger partial charge < -0.3 is 4.74 Å². The van der Waals surface area contributed by atoms with Crippen molar-refractivity contribution < 1.29 is 9.53 Å². The number of esters is 1. The van der Waals surface area contributed by atoms with Gasteiger partial charge in [0.05, 0.1) is 0 Å². The lowest BCUT2D eigenvalue weighted by Gasteiger charge is -2.02. The van der Waals surface area contributed by atoms with Crippen molar-refractivity contribution in [3.8, 4) is 0 Å². The smallest absolute Gasteiger partial charge is 0.357 e. The van der Waals surface area contributed by atoms with E-state index in [2.05, 4.69) is 11.7 Å². The second-order valence-corrected chi connectivity index (χ2v) is 6.14. The third kappa shape index (κ3) is 3.87. The molecule has 0 bridgehead atoms. The van der Waals surface area contributed by atoms with Crippen LogP contribution in [0, 0.1) is 6.92 Å². The molecule has 5 heteroatoms. The maximum Gasteiger partial charge on any atom is 0.357 e. The summed E-state index contributed by atoms with van der Waals surface area (Å²) >= 11 is 3.15. The molecular formula is C14H13NO2S2. The molecule has 0 fully saturated rings. The maximum atomic E-state index is 11.9. The van der Waals surface area contributed by atoms with Crippen molar-refractivity contribution in [3.05, 3.63) is 50.0 Å². The normalized spacial score (nSPS) is 11.3. The summed E-state index contributed by atoms with van der Waals surface area (Å²) in [6, 6.07) is 7.78. The van der Waals surface area contributed by atoms with Crippen molar-refractivity contribution in [2.45, 2.75) is 13.5 Å². The Bertz CT molecular complexity index is 597. The van der Waals surface area contributed by atoms with Crippen LogP contribution in [0.1, 0.15) is 14.6 Å². The van der Waals surface area contributed by atoms with E-state index in [4.69, 9.17) is 4.74 Å². The minimum Gasteiger partial charge on any atom is -0.455 e. The lowest BCUT2D eigenvalue weighted by molar-refractivity contribution is -0.140. The molecule has 2 heterocycles. The van der Waals surface area contributed by atoms with Crippen molar-refractivity contribution in [1.29, 1.82) is 0 Å². The Labute approximate surface area is 119 Å². The zero-order valence-electron chi connectivity index (χ0n) is 10.5. The van der Waals surface area contributed by atoms with Crippen LogP contribution in [0.4, 0.5) is 0 Å². The van der Waals surface area contributed by atoms with E-state index in [1.165, 1.54) is 16.2 Å². The average Bonchev–Trinajstić information content (AvgIpc) is 3.04. The summed E-state index contributed by atoms with van der Waals surface area (Å²) in [5.41, 5.74) is 0.232. The van der Waals surface area contributed by atoms with E-state index in [0.717, 1.165) is 9.75 Å². The molecule has 0 saturated carbocycles. The fraction of sp³-hybridized carbons (Fsp3) is 0.143. The van der Waals surface area contributed by atoms with Crippen LogP contribution in [0.15, 0.2) is 40.3 Å². The Balaban J connectivity index is 1.99. The summed E-state index contributed by atoms with van der Waals surface area (Å²) in [6.45, 7) is 5.70. The number of aryl methyl sites for hydroxylation is 1. The van der Waals surface area contributed by atoms with Crippen molar-refractivity contribution in [2.24, 2.45) is 4.99 Å². The first kappa shape index (κ1) is 13.7. The Kier molecular flexibility index (Phi) is 4.65. The monoisotopic (exact) mass is 291 g/mol. The van der Waals surface area contributed by atoms with Crippen LogP contribution in [0.5, 0.6) is 0 Å². The van der Waals surface area contributed by atoms with E-state index in [9.17, 15) is 4.79 Å². The Morgan fingerprint density at radius 1 is 1.47 bits per heavy atom. The highest BCUT2D eigenvalue weighted by Gasteiger charge is 2.10. The lowest BCUT2D eigenvalue weighted by Crippen LogP contribution is -2.05. The van der Waals surface area contributed by atoms with Crippen LogP contribution in [0.3, 0.4) is 0 Å². The van der Waals surface area contributed by atoms with E-state index in [1.807, 2.05) is 36.6 Å². The molecule has 0 aliphatic heterocycles. The molecule has 2 aromatic rings. The first-order valence-electron chi connectivity index (χ1n) is 5.63. The van der Waals surface area contributed by atoms with Crippen molar-refractivity contribution in [2.75, 3.05) is 0 Å². The SMILES string of the molecule is C=N/C(=C/c1cccs1)C(=O)OCc1ccc(C)s1. The highest BCUT2D eigenvalue weighted by Crippen LogP contribution is 2.18. The zero-order chi connectivity index (χ0) is 13.7. The molecule has 19 heavy (non-hydrogen) atoms. The van der Waals surface area contributed by atoms with Gasteiger partial charge in [0.25, 0.3) is 0 Å². The van der Waals surface area contributed by atoms with Crippen molar-refractivity contribution in [3.63, 3.8) is 0 Å². The van der Waals surface area contributed by atoms with Crippen LogP contribution in [0.2, 0.25) is 0 Å². The van der Waals surface area contributed by atoms with E-state index < -0.39 is 5.97 Å². The minimum absolute atomic E-state index is 0.232. The number of carbonyl (C=O) groups is 1. The van der Waals surface area contributed by atoms with E-state index in [1.54, 1.807) is 17.4 Å². The molecule has 2 aromatic heterocycles. The van der Waals surface area contributed by atoms with Gasteiger partial charge in [-0.1, -0.05) is 6.07 Å². The molecular weight excluding hydrogens is 278 g/mol. The van der Waals surface area contributed by atoms with Crippen molar-refractivity contribution in [1.82, 2.24) is 0 Å². The number of hydrogen-bond acceptors (Lipinski definition) is 5. The second kappa shape index (κ2) is 6.45. The van der Waals surface area contributed by atoms with Gasteiger partial charge in [0.2, 0.25) is 0 Å². The topological polar surface area (TPSA) is 38.7 Å². The van der Waals surface area contributed by atoms with Gasteiger partial charge in [-0.05, 0) is 43.3 Å². The first-order valence-corrected chi connectivity index (χ1v) is 7.33. The van der Waals surface area contributed by atoms with Crippen molar-refractivity contribution >= 4 is 41.4 Å². The summed E-state index contributed by atoms with van der Waals surface area (Å²) in [4.78, 5) is 18.8. The quantitative estimate of drug-likeness (QED) is 0.476. The third-order valence-corrected chi connectivity index (χ3v) is 4.14. The molecule has 0 aliphatic carbocycles. The van der Waals surface area contributed by atoms with E-state index in [0.29, 0.717) is 0 Å².